The second kappa shape index (κ2) is 4.88. The molecule has 1 N–H and O–H groups in total. The number of benzene rings is 1. The molecule has 0 amide bonds. The molecule has 0 saturated carbocycles. The molecule has 1 aromatic rings. The van der Waals surface area contributed by atoms with E-state index in [0.717, 1.165) is 19.5 Å². The van der Waals surface area contributed by atoms with Gasteiger partial charge in [0.05, 0.1) is 12.2 Å². The highest BCUT2D eigenvalue weighted by Gasteiger charge is 2.37. The van der Waals surface area contributed by atoms with Crippen LogP contribution in [0.2, 0.25) is 0 Å². The lowest BCUT2D eigenvalue weighted by atomic mass is 9.81. The number of nitrogens with one attached hydrogen (secondary N) is 1. The van der Waals surface area contributed by atoms with Crippen LogP contribution in [-0.2, 0) is 0 Å². The molecule has 0 aromatic heterocycles. The maximum atomic E-state index is 12.5. The topological polar surface area (TPSA) is 38.3 Å². The quantitative estimate of drug-likeness (QED) is 0.811. The minimum Gasteiger partial charge on any atom is -0.493 e. The van der Waals surface area contributed by atoms with Gasteiger partial charge in [-0.3, -0.25) is 4.79 Å². The lowest BCUT2D eigenvalue weighted by Gasteiger charge is -2.22. The van der Waals surface area contributed by atoms with Crippen molar-refractivity contribution in [1.29, 1.82) is 0 Å². The summed E-state index contributed by atoms with van der Waals surface area (Å²) in [5.41, 5.74) is 0.424. The third kappa shape index (κ3) is 2.34. The van der Waals surface area contributed by atoms with E-state index in [9.17, 15) is 4.79 Å². The van der Waals surface area contributed by atoms with E-state index in [1.165, 1.54) is 0 Å². The fourth-order valence-corrected chi connectivity index (χ4v) is 2.27. The fraction of sp³-hybridized carbons (Fsp3) is 0.500. The first-order valence-electron chi connectivity index (χ1n) is 6.15. The first-order chi connectivity index (χ1) is 8.17. The van der Waals surface area contributed by atoms with Crippen LogP contribution in [0.4, 0.5) is 0 Å². The van der Waals surface area contributed by atoms with Gasteiger partial charge < -0.3 is 10.1 Å². The lowest BCUT2D eigenvalue weighted by Crippen LogP contribution is -2.30. The van der Waals surface area contributed by atoms with Gasteiger partial charge in [0, 0.05) is 12.0 Å². The maximum Gasteiger partial charge on any atom is 0.173 e. The van der Waals surface area contributed by atoms with Crippen molar-refractivity contribution in [3.63, 3.8) is 0 Å². The molecule has 0 radical (unpaired) electrons. The molecule has 3 heteroatoms. The molecule has 2 rings (SSSR count). The van der Waals surface area contributed by atoms with Gasteiger partial charge in [0.15, 0.2) is 5.78 Å². The predicted molar refractivity (Wildman–Crippen MR) is 67.5 cm³/mol. The van der Waals surface area contributed by atoms with Crippen LogP contribution in [0.5, 0.6) is 5.75 Å². The molecule has 17 heavy (non-hydrogen) atoms. The largest absolute Gasteiger partial charge is 0.493 e. The highest BCUT2D eigenvalue weighted by molar-refractivity contribution is 6.02. The fourth-order valence-electron chi connectivity index (χ4n) is 2.27. The molecule has 1 aliphatic rings. The molecule has 1 atom stereocenters. The third-order valence-corrected chi connectivity index (χ3v) is 3.35. The SMILES string of the molecule is CCOc1ccccc1C(=O)C1(C)CCNC1. The molecule has 1 unspecified atom stereocenters. The van der Waals surface area contributed by atoms with Gasteiger partial charge in [-0.1, -0.05) is 19.1 Å². The molecule has 3 nitrogen and oxygen atoms in total. The van der Waals surface area contributed by atoms with Crippen LogP contribution < -0.4 is 10.1 Å². The van der Waals surface area contributed by atoms with Crippen LogP contribution in [0.15, 0.2) is 24.3 Å². The standard InChI is InChI=1S/C14H19NO2/c1-3-17-12-7-5-4-6-11(12)13(16)14(2)8-9-15-10-14/h4-7,15H,3,8-10H2,1-2H3. The van der Waals surface area contributed by atoms with Gasteiger partial charge in [-0.05, 0) is 32.0 Å². The van der Waals surface area contributed by atoms with E-state index >= 15 is 0 Å². The summed E-state index contributed by atoms with van der Waals surface area (Å²) in [4.78, 5) is 12.5. The average molecular weight is 233 g/mol. The van der Waals surface area contributed by atoms with E-state index in [0.29, 0.717) is 17.9 Å². The van der Waals surface area contributed by atoms with E-state index < -0.39 is 0 Å². The molecule has 1 heterocycles. The van der Waals surface area contributed by atoms with Crippen molar-refractivity contribution in [2.45, 2.75) is 20.3 Å². The lowest BCUT2D eigenvalue weighted by molar-refractivity contribution is 0.0835. The summed E-state index contributed by atoms with van der Waals surface area (Å²) in [6.07, 6.45) is 0.895. The maximum absolute atomic E-state index is 12.5. The number of Topliss-reactive ketones (excluding diaryl/α,β-unsaturated/α-hetero) is 1. The van der Waals surface area contributed by atoms with Crippen molar-refractivity contribution >= 4 is 5.78 Å². The van der Waals surface area contributed by atoms with Crippen LogP contribution in [0.25, 0.3) is 0 Å². The summed E-state index contributed by atoms with van der Waals surface area (Å²) >= 11 is 0. The Morgan fingerprint density at radius 2 is 2.24 bits per heavy atom. The number of carbonyl (C=O) groups is 1. The number of rotatable bonds is 4. The van der Waals surface area contributed by atoms with Gasteiger partial charge in [-0.25, -0.2) is 0 Å². The van der Waals surface area contributed by atoms with Crippen LogP contribution in [0.3, 0.4) is 0 Å². The second-order valence-corrected chi connectivity index (χ2v) is 4.75. The minimum absolute atomic E-state index is 0.187. The van der Waals surface area contributed by atoms with Gasteiger partial charge in [0.2, 0.25) is 0 Å². The number of carbonyl (C=O) groups excluding carboxylic acids is 1. The Morgan fingerprint density at radius 1 is 1.47 bits per heavy atom. The smallest absolute Gasteiger partial charge is 0.173 e. The number of hydrogen-bond acceptors (Lipinski definition) is 3. The van der Waals surface area contributed by atoms with Crippen molar-refractivity contribution < 1.29 is 9.53 Å². The van der Waals surface area contributed by atoms with Gasteiger partial charge in [-0.2, -0.15) is 0 Å². The first kappa shape index (κ1) is 12.1. The van der Waals surface area contributed by atoms with Gasteiger partial charge in [0.1, 0.15) is 5.75 Å². The van der Waals surface area contributed by atoms with Crippen LogP contribution in [-0.4, -0.2) is 25.5 Å². The number of hydrogen-bond donors (Lipinski definition) is 1. The molecule has 1 aromatic carbocycles. The Morgan fingerprint density at radius 3 is 2.88 bits per heavy atom. The van der Waals surface area contributed by atoms with Crippen LogP contribution >= 0.6 is 0 Å². The van der Waals surface area contributed by atoms with Crippen LogP contribution in [0, 0.1) is 5.41 Å². The number of para-hydroxylation sites is 1. The Balaban J connectivity index is 2.30. The summed E-state index contributed by atoms with van der Waals surface area (Å²) in [6.45, 7) is 6.21. The molecule has 1 aliphatic heterocycles. The molecule has 0 bridgehead atoms. The van der Waals surface area contributed by atoms with E-state index in [4.69, 9.17) is 4.74 Å². The van der Waals surface area contributed by atoms with Gasteiger partial charge in [-0.15, -0.1) is 0 Å². The van der Waals surface area contributed by atoms with E-state index in [-0.39, 0.29) is 11.2 Å². The van der Waals surface area contributed by atoms with Gasteiger partial charge in [0.25, 0.3) is 0 Å². The molecular weight excluding hydrogens is 214 g/mol. The van der Waals surface area contributed by atoms with Crippen molar-refractivity contribution in [1.82, 2.24) is 5.32 Å². The van der Waals surface area contributed by atoms with E-state index in [1.54, 1.807) is 0 Å². The van der Waals surface area contributed by atoms with Crippen molar-refractivity contribution in [3.05, 3.63) is 29.8 Å². The Hall–Kier alpha value is -1.35. The van der Waals surface area contributed by atoms with Crippen molar-refractivity contribution in [2.75, 3.05) is 19.7 Å². The average Bonchev–Trinajstić information content (AvgIpc) is 2.78. The summed E-state index contributed by atoms with van der Waals surface area (Å²) in [6, 6.07) is 7.51. The molecule has 0 aliphatic carbocycles. The van der Waals surface area contributed by atoms with Crippen molar-refractivity contribution in [2.24, 2.45) is 5.41 Å². The summed E-state index contributed by atoms with van der Waals surface area (Å²) in [5.74, 6) is 0.889. The number of ketones is 1. The van der Waals surface area contributed by atoms with Crippen molar-refractivity contribution in [3.8, 4) is 5.75 Å². The summed E-state index contributed by atoms with van der Waals surface area (Å²) < 4.78 is 5.52. The minimum atomic E-state index is -0.285. The summed E-state index contributed by atoms with van der Waals surface area (Å²) in [7, 11) is 0. The molecule has 0 spiro atoms. The second-order valence-electron chi connectivity index (χ2n) is 4.75. The zero-order valence-corrected chi connectivity index (χ0v) is 10.5. The molecular formula is C14H19NO2. The zero-order chi connectivity index (χ0) is 12.3. The predicted octanol–water partition coefficient (Wildman–Crippen LogP) is 2.27. The molecule has 92 valence electrons. The number of ether oxygens (including phenoxy) is 1. The normalized spacial score (nSPS) is 23.6. The molecule has 1 saturated heterocycles. The summed E-state index contributed by atoms with van der Waals surface area (Å²) in [5, 5.41) is 3.25. The highest BCUT2D eigenvalue weighted by Crippen LogP contribution is 2.32. The van der Waals surface area contributed by atoms with Crippen LogP contribution in [0.1, 0.15) is 30.6 Å². The monoisotopic (exact) mass is 233 g/mol. The zero-order valence-electron chi connectivity index (χ0n) is 10.5. The van der Waals surface area contributed by atoms with Gasteiger partial charge >= 0.3 is 0 Å². The molecule has 1 fully saturated rings. The van der Waals surface area contributed by atoms with E-state index in [1.807, 2.05) is 38.1 Å². The Labute approximate surface area is 102 Å². The Bertz CT molecular complexity index is 408. The highest BCUT2D eigenvalue weighted by atomic mass is 16.5. The van der Waals surface area contributed by atoms with E-state index in [2.05, 4.69) is 5.32 Å². The Kier molecular flexibility index (Phi) is 3.48. The third-order valence-electron chi connectivity index (χ3n) is 3.35. The first-order valence-corrected chi connectivity index (χ1v) is 6.15.